The molecule has 0 bridgehead atoms. The molecule has 0 radical (unpaired) electrons. The Bertz CT molecular complexity index is 1000. The molecule has 7 nitrogen and oxygen atoms in total. The molecule has 1 amide bonds. The minimum Gasteiger partial charge on any atom is -0.444 e. The normalized spacial score (nSPS) is 12.9. The van der Waals surface area contributed by atoms with Gasteiger partial charge in [0, 0.05) is 12.1 Å². The summed E-state index contributed by atoms with van der Waals surface area (Å²) < 4.78 is 35.2. The molecule has 0 spiro atoms. The average Bonchev–Trinajstić information content (AvgIpc) is 2.60. The van der Waals surface area contributed by atoms with E-state index < -0.39 is 27.9 Å². The van der Waals surface area contributed by atoms with Gasteiger partial charge in [0.15, 0.2) is 0 Å². The quantitative estimate of drug-likeness (QED) is 0.610. The van der Waals surface area contributed by atoms with Crippen molar-refractivity contribution >= 4 is 39.4 Å². The summed E-state index contributed by atoms with van der Waals surface area (Å²) in [4.78, 5) is 13.1. The van der Waals surface area contributed by atoms with Crippen LogP contribution >= 0.6 is 23.2 Å². The number of nitrogens with zero attached hydrogens (tertiary/aromatic N) is 1. The number of benzene rings is 2. The molecular formula is C20H23Cl2NO6S. The summed E-state index contributed by atoms with van der Waals surface area (Å²) in [7, 11) is -2.65. The van der Waals surface area contributed by atoms with E-state index in [4.69, 9.17) is 32.1 Å². The lowest BCUT2D eigenvalue weighted by atomic mass is 10.1. The fourth-order valence-electron chi connectivity index (χ4n) is 2.37. The van der Waals surface area contributed by atoms with E-state index >= 15 is 0 Å². The molecule has 2 aromatic rings. The highest BCUT2D eigenvalue weighted by atomic mass is 35.5. The Morgan fingerprint density at radius 1 is 1.13 bits per heavy atom. The summed E-state index contributed by atoms with van der Waals surface area (Å²) in [5, 5.41) is 10.6. The molecular weight excluding hydrogens is 453 g/mol. The van der Waals surface area contributed by atoms with Crippen molar-refractivity contribution in [3.63, 3.8) is 0 Å². The molecule has 2 rings (SSSR count). The average molecular weight is 476 g/mol. The highest BCUT2D eigenvalue weighted by molar-refractivity contribution is 7.87. The van der Waals surface area contributed by atoms with Gasteiger partial charge in [-0.1, -0.05) is 35.3 Å². The predicted molar refractivity (Wildman–Crippen MR) is 115 cm³/mol. The van der Waals surface area contributed by atoms with E-state index in [1.54, 1.807) is 20.8 Å². The van der Waals surface area contributed by atoms with Gasteiger partial charge in [-0.3, -0.25) is 0 Å². The monoisotopic (exact) mass is 475 g/mol. The highest BCUT2D eigenvalue weighted by Crippen LogP contribution is 2.28. The minimum atomic E-state index is -4.16. The molecule has 1 N–H and O–H groups in total. The number of carbonyl (C=O) groups is 1. The molecule has 30 heavy (non-hydrogen) atoms. The Morgan fingerprint density at radius 2 is 1.73 bits per heavy atom. The van der Waals surface area contributed by atoms with Crippen molar-refractivity contribution in [3.05, 3.63) is 58.1 Å². The van der Waals surface area contributed by atoms with Gasteiger partial charge in [0.05, 0.1) is 17.7 Å². The Kier molecular flexibility index (Phi) is 7.63. The topological polar surface area (TPSA) is 93.1 Å². The van der Waals surface area contributed by atoms with Crippen LogP contribution in [-0.4, -0.2) is 43.7 Å². The van der Waals surface area contributed by atoms with Crippen LogP contribution in [-0.2, 0) is 14.9 Å². The van der Waals surface area contributed by atoms with Crippen molar-refractivity contribution < 1.29 is 27.2 Å². The third kappa shape index (κ3) is 6.77. The SMILES string of the molecule is CN(CC(O)c1ccc(OS(=O)(=O)c2ccc(Cl)cc2Cl)cc1)C(=O)OC(C)(C)C. The number of aliphatic hydroxyl groups excluding tert-OH is 1. The second-order valence-electron chi connectivity index (χ2n) is 7.56. The van der Waals surface area contributed by atoms with Gasteiger partial charge in [0.1, 0.15) is 16.2 Å². The highest BCUT2D eigenvalue weighted by Gasteiger charge is 2.23. The molecule has 1 unspecified atom stereocenters. The number of halogens is 2. The molecule has 0 heterocycles. The first kappa shape index (κ1) is 24.3. The molecule has 10 heteroatoms. The van der Waals surface area contributed by atoms with Gasteiger partial charge in [0.2, 0.25) is 0 Å². The molecule has 1 atom stereocenters. The number of rotatable bonds is 6. The molecule has 0 saturated carbocycles. The van der Waals surface area contributed by atoms with E-state index in [1.807, 2.05) is 0 Å². The summed E-state index contributed by atoms with van der Waals surface area (Å²) in [6.07, 6.45) is -1.56. The molecule has 0 aliphatic carbocycles. The van der Waals surface area contributed by atoms with Crippen molar-refractivity contribution in [1.29, 1.82) is 0 Å². The number of hydrogen-bond donors (Lipinski definition) is 1. The fraction of sp³-hybridized carbons (Fsp3) is 0.350. The molecule has 0 aliphatic rings. The van der Waals surface area contributed by atoms with E-state index in [2.05, 4.69) is 0 Å². The molecule has 0 fully saturated rings. The maximum Gasteiger partial charge on any atom is 0.410 e. The van der Waals surface area contributed by atoms with Gasteiger partial charge in [-0.25, -0.2) is 4.79 Å². The van der Waals surface area contributed by atoms with Gasteiger partial charge in [-0.2, -0.15) is 8.42 Å². The lowest BCUT2D eigenvalue weighted by molar-refractivity contribution is 0.0205. The molecule has 0 aliphatic heterocycles. The number of ether oxygens (including phenoxy) is 1. The van der Waals surface area contributed by atoms with Crippen LogP contribution < -0.4 is 4.18 Å². The molecule has 0 aromatic heterocycles. The Balaban J connectivity index is 2.06. The third-order valence-electron chi connectivity index (χ3n) is 3.79. The fourth-order valence-corrected chi connectivity index (χ4v) is 4.05. The van der Waals surface area contributed by atoms with Gasteiger partial charge < -0.3 is 18.9 Å². The summed E-state index contributed by atoms with van der Waals surface area (Å²) in [5.74, 6) is 0.0393. The first-order valence-electron chi connectivity index (χ1n) is 8.90. The van der Waals surface area contributed by atoms with Crippen LogP contribution in [0.1, 0.15) is 32.4 Å². The van der Waals surface area contributed by atoms with Gasteiger partial charge in [0.25, 0.3) is 0 Å². The second kappa shape index (κ2) is 9.43. The summed E-state index contributed by atoms with van der Waals surface area (Å²) in [5.41, 5.74) is -0.173. The van der Waals surface area contributed by atoms with E-state index in [9.17, 15) is 18.3 Å². The minimum absolute atomic E-state index is 0.00615. The number of carbonyl (C=O) groups excluding carboxylic acids is 1. The van der Waals surface area contributed by atoms with Gasteiger partial charge in [-0.05, 0) is 56.7 Å². The first-order chi connectivity index (χ1) is 13.8. The molecule has 164 valence electrons. The van der Waals surface area contributed by atoms with Gasteiger partial charge >= 0.3 is 16.2 Å². The summed E-state index contributed by atoms with van der Waals surface area (Å²) in [6.45, 7) is 5.24. The Morgan fingerprint density at radius 3 is 2.27 bits per heavy atom. The van der Waals surface area contributed by atoms with Crippen LogP contribution in [0.4, 0.5) is 4.79 Å². The maximum absolute atomic E-state index is 12.4. The zero-order valence-corrected chi connectivity index (χ0v) is 19.3. The van der Waals surface area contributed by atoms with E-state index in [1.165, 1.54) is 54.4 Å². The van der Waals surface area contributed by atoms with E-state index in [0.29, 0.717) is 10.6 Å². The van der Waals surface area contributed by atoms with Crippen LogP contribution in [0.2, 0.25) is 10.0 Å². The predicted octanol–water partition coefficient (Wildman–Crippen LogP) is 4.66. The molecule has 0 saturated heterocycles. The lowest BCUT2D eigenvalue weighted by Gasteiger charge is -2.26. The molecule has 2 aromatic carbocycles. The zero-order valence-electron chi connectivity index (χ0n) is 16.9. The number of hydrogen-bond acceptors (Lipinski definition) is 6. The van der Waals surface area contributed by atoms with Crippen LogP contribution in [0.15, 0.2) is 47.4 Å². The van der Waals surface area contributed by atoms with Crippen LogP contribution in [0.3, 0.4) is 0 Å². The van der Waals surface area contributed by atoms with E-state index in [-0.39, 0.29) is 22.2 Å². The Hall–Kier alpha value is -2.00. The summed E-state index contributed by atoms with van der Waals surface area (Å²) in [6, 6.07) is 9.75. The number of likely N-dealkylation sites (N-methyl/N-ethyl adjacent to an activating group) is 1. The maximum atomic E-state index is 12.4. The summed E-state index contributed by atoms with van der Waals surface area (Å²) >= 11 is 11.7. The van der Waals surface area contributed by atoms with Gasteiger partial charge in [-0.15, -0.1) is 0 Å². The van der Waals surface area contributed by atoms with Crippen LogP contribution in [0.5, 0.6) is 5.75 Å². The van der Waals surface area contributed by atoms with Crippen molar-refractivity contribution in [2.45, 2.75) is 37.4 Å². The van der Waals surface area contributed by atoms with Crippen molar-refractivity contribution in [2.24, 2.45) is 0 Å². The number of aliphatic hydroxyl groups is 1. The smallest absolute Gasteiger partial charge is 0.410 e. The lowest BCUT2D eigenvalue weighted by Crippen LogP contribution is -2.36. The first-order valence-corrected chi connectivity index (χ1v) is 11.1. The zero-order chi connectivity index (χ0) is 22.7. The second-order valence-corrected chi connectivity index (χ2v) is 9.92. The largest absolute Gasteiger partial charge is 0.444 e. The van der Waals surface area contributed by atoms with E-state index in [0.717, 1.165) is 0 Å². The van der Waals surface area contributed by atoms with Crippen LogP contribution in [0, 0.1) is 0 Å². The third-order valence-corrected chi connectivity index (χ3v) is 5.75. The van der Waals surface area contributed by atoms with Crippen LogP contribution in [0.25, 0.3) is 0 Å². The van der Waals surface area contributed by atoms with Crippen molar-refractivity contribution in [3.8, 4) is 5.75 Å². The van der Waals surface area contributed by atoms with Crippen molar-refractivity contribution in [1.82, 2.24) is 4.90 Å². The Labute approximate surface area is 186 Å². The van der Waals surface area contributed by atoms with Crippen molar-refractivity contribution in [2.75, 3.05) is 13.6 Å². The number of amides is 1. The standard InChI is InChI=1S/C20H23Cl2NO6S/c1-20(2,3)28-19(25)23(4)12-17(24)13-5-8-15(9-6-13)29-30(26,27)18-10-7-14(21)11-16(18)22/h5-11,17,24H,12H2,1-4H3.